The van der Waals surface area contributed by atoms with Gasteiger partial charge in [0.25, 0.3) is 0 Å². The molecule has 0 aromatic rings. The van der Waals surface area contributed by atoms with E-state index in [1.165, 1.54) is 0 Å². The molecule has 0 fully saturated rings. The van der Waals surface area contributed by atoms with E-state index in [2.05, 4.69) is 22.3 Å². The Labute approximate surface area is 61.4 Å². The molecule has 0 saturated carbocycles. The summed E-state index contributed by atoms with van der Waals surface area (Å²) in [6.45, 7) is 4.03. The van der Waals surface area contributed by atoms with Crippen LogP contribution in [0.5, 0.6) is 0 Å². The third-order valence-electron chi connectivity index (χ3n) is 1.24. The summed E-state index contributed by atoms with van der Waals surface area (Å²) in [6.07, 6.45) is 4.08. The second kappa shape index (κ2) is 4.14. The molecule has 0 aliphatic carbocycles. The molecule has 4 nitrogen and oxygen atoms in total. The molecule has 1 heterocycles. The highest BCUT2D eigenvalue weighted by Crippen LogP contribution is 1.98. The number of hydrazine groups is 1. The Kier molecular flexibility index (Phi) is 3.83. The second-order valence-corrected chi connectivity index (χ2v) is 2.18. The van der Waals surface area contributed by atoms with Crippen LogP contribution in [0.25, 0.3) is 0 Å². The van der Waals surface area contributed by atoms with Gasteiger partial charge in [-0.2, -0.15) is 0 Å². The molecule has 0 amide bonds. The number of nitrogens with zero attached hydrogens (tertiary/aromatic N) is 2. The summed E-state index contributed by atoms with van der Waals surface area (Å²) in [5, 5.41) is 2.06. The highest BCUT2D eigenvalue weighted by Gasteiger charge is 2.04. The highest BCUT2D eigenvalue weighted by molar-refractivity contribution is 4.86. The van der Waals surface area contributed by atoms with Gasteiger partial charge in [-0.3, -0.25) is 5.01 Å². The fourth-order valence-electron chi connectivity index (χ4n) is 0.835. The first-order chi connectivity index (χ1) is 4.33. The van der Waals surface area contributed by atoms with Crippen LogP contribution < -0.4 is 5.43 Å². The van der Waals surface area contributed by atoms with Crippen LogP contribution in [-0.4, -0.2) is 35.6 Å². The second-order valence-electron chi connectivity index (χ2n) is 2.18. The van der Waals surface area contributed by atoms with Crippen molar-refractivity contribution in [3.8, 4) is 0 Å². The third-order valence-corrected chi connectivity index (χ3v) is 1.24. The van der Waals surface area contributed by atoms with Gasteiger partial charge in [0.2, 0.25) is 0 Å². The van der Waals surface area contributed by atoms with Gasteiger partial charge in [0.1, 0.15) is 6.67 Å². The van der Waals surface area contributed by atoms with Crippen molar-refractivity contribution >= 4 is 0 Å². The van der Waals surface area contributed by atoms with Crippen LogP contribution in [0.15, 0.2) is 12.4 Å². The molecule has 1 rings (SSSR count). The Morgan fingerprint density at radius 1 is 1.50 bits per heavy atom. The van der Waals surface area contributed by atoms with Crippen LogP contribution in [0.1, 0.15) is 6.92 Å². The fourth-order valence-corrected chi connectivity index (χ4v) is 0.835. The molecule has 0 spiro atoms. The summed E-state index contributed by atoms with van der Waals surface area (Å²) in [7, 11) is 2.05. The molecule has 1 aliphatic rings. The van der Waals surface area contributed by atoms with Crippen molar-refractivity contribution in [3.63, 3.8) is 0 Å². The molecule has 0 atom stereocenters. The molecule has 4 heteroatoms. The number of hydrogen-bond acceptors (Lipinski definition) is 3. The predicted octanol–water partition coefficient (Wildman–Crippen LogP) is -0.638. The third kappa shape index (κ3) is 2.24. The average molecular weight is 145 g/mol. The summed E-state index contributed by atoms with van der Waals surface area (Å²) >= 11 is 0. The molecule has 0 bridgehead atoms. The summed E-state index contributed by atoms with van der Waals surface area (Å²) in [6, 6.07) is 0. The summed E-state index contributed by atoms with van der Waals surface area (Å²) < 4.78 is 0. The monoisotopic (exact) mass is 145 g/mol. The SMILES string of the molecule is CCNN1C=CN(C)C1.O. The van der Waals surface area contributed by atoms with Crippen molar-refractivity contribution < 1.29 is 5.48 Å². The first kappa shape index (κ1) is 9.26. The van der Waals surface area contributed by atoms with Gasteiger partial charge in [-0.1, -0.05) is 6.92 Å². The standard InChI is InChI=1S/C6H13N3.H2O/c1-3-7-9-5-4-8(2)6-9;/h4-5,7H,3,6H2,1-2H3;1H2. The molecule has 0 saturated heterocycles. The minimum atomic E-state index is 0. The Morgan fingerprint density at radius 3 is 2.60 bits per heavy atom. The zero-order valence-corrected chi connectivity index (χ0v) is 6.46. The van der Waals surface area contributed by atoms with Crippen LogP contribution in [0.3, 0.4) is 0 Å². The molecule has 0 radical (unpaired) electrons. The smallest absolute Gasteiger partial charge is 0.104 e. The van der Waals surface area contributed by atoms with Crippen LogP contribution in [0, 0.1) is 0 Å². The maximum Gasteiger partial charge on any atom is 0.104 e. The van der Waals surface area contributed by atoms with E-state index in [-0.39, 0.29) is 5.48 Å². The van der Waals surface area contributed by atoms with Gasteiger partial charge < -0.3 is 10.4 Å². The van der Waals surface area contributed by atoms with Crippen LogP contribution in [-0.2, 0) is 0 Å². The van der Waals surface area contributed by atoms with E-state index in [0.29, 0.717) is 0 Å². The average Bonchev–Trinajstić information content (AvgIpc) is 2.17. The molecule has 1 aliphatic heterocycles. The van der Waals surface area contributed by atoms with Gasteiger partial charge >= 0.3 is 0 Å². The van der Waals surface area contributed by atoms with Crippen molar-refractivity contribution in [1.82, 2.24) is 15.3 Å². The predicted molar refractivity (Wildman–Crippen MR) is 40.9 cm³/mol. The Balaban J connectivity index is 0.000000810. The normalized spacial score (nSPS) is 15.8. The van der Waals surface area contributed by atoms with Gasteiger partial charge in [0.15, 0.2) is 0 Å². The largest absolute Gasteiger partial charge is 0.412 e. The lowest BCUT2D eigenvalue weighted by Gasteiger charge is -2.17. The summed E-state index contributed by atoms with van der Waals surface area (Å²) in [4.78, 5) is 2.11. The Bertz CT molecular complexity index is 116. The molecular weight excluding hydrogens is 130 g/mol. The van der Waals surface area contributed by atoms with Gasteiger partial charge in [0.05, 0.1) is 0 Å². The lowest BCUT2D eigenvalue weighted by Crippen LogP contribution is -2.34. The molecular formula is C6H15N3O. The minimum absolute atomic E-state index is 0. The highest BCUT2D eigenvalue weighted by atomic mass is 16.0. The van der Waals surface area contributed by atoms with Crippen LogP contribution in [0.4, 0.5) is 0 Å². The molecule has 0 aromatic carbocycles. The number of nitrogens with one attached hydrogen (secondary N) is 1. The Morgan fingerprint density at radius 2 is 2.20 bits per heavy atom. The zero-order chi connectivity index (χ0) is 6.69. The molecule has 0 unspecified atom stereocenters. The van der Waals surface area contributed by atoms with E-state index in [4.69, 9.17) is 0 Å². The van der Waals surface area contributed by atoms with Crippen molar-refractivity contribution in [2.45, 2.75) is 6.92 Å². The van der Waals surface area contributed by atoms with Crippen molar-refractivity contribution in [1.29, 1.82) is 0 Å². The molecule has 3 N–H and O–H groups in total. The first-order valence-electron chi connectivity index (χ1n) is 3.21. The number of rotatable bonds is 2. The van der Waals surface area contributed by atoms with Crippen LogP contribution >= 0.6 is 0 Å². The van der Waals surface area contributed by atoms with Crippen molar-refractivity contribution in [3.05, 3.63) is 12.4 Å². The van der Waals surface area contributed by atoms with E-state index in [0.717, 1.165) is 13.2 Å². The topological polar surface area (TPSA) is 50.0 Å². The van der Waals surface area contributed by atoms with E-state index < -0.39 is 0 Å². The summed E-state index contributed by atoms with van der Waals surface area (Å²) in [5.41, 5.74) is 3.18. The quantitative estimate of drug-likeness (QED) is 0.562. The van der Waals surface area contributed by atoms with Crippen molar-refractivity contribution in [2.75, 3.05) is 20.3 Å². The van der Waals surface area contributed by atoms with E-state index in [1.54, 1.807) is 0 Å². The van der Waals surface area contributed by atoms with E-state index in [1.807, 2.05) is 19.4 Å². The van der Waals surface area contributed by atoms with Gasteiger partial charge in [-0.25, -0.2) is 5.43 Å². The molecule has 0 aromatic heterocycles. The van der Waals surface area contributed by atoms with Crippen LogP contribution in [0.2, 0.25) is 0 Å². The molecule has 60 valence electrons. The van der Waals surface area contributed by atoms with Gasteiger partial charge in [0, 0.05) is 26.0 Å². The maximum absolute atomic E-state index is 3.18. The Hall–Kier alpha value is -0.740. The van der Waals surface area contributed by atoms with Gasteiger partial charge in [-0.15, -0.1) is 0 Å². The maximum atomic E-state index is 3.18. The fraction of sp³-hybridized carbons (Fsp3) is 0.667. The van der Waals surface area contributed by atoms with E-state index in [9.17, 15) is 0 Å². The minimum Gasteiger partial charge on any atom is -0.412 e. The summed E-state index contributed by atoms with van der Waals surface area (Å²) in [5.74, 6) is 0. The van der Waals surface area contributed by atoms with Crippen molar-refractivity contribution in [2.24, 2.45) is 0 Å². The van der Waals surface area contributed by atoms with E-state index >= 15 is 0 Å². The zero-order valence-electron chi connectivity index (χ0n) is 6.46. The molecule has 10 heavy (non-hydrogen) atoms. The lowest BCUT2D eigenvalue weighted by atomic mass is 10.8. The first-order valence-corrected chi connectivity index (χ1v) is 3.21. The van der Waals surface area contributed by atoms with Gasteiger partial charge in [-0.05, 0) is 0 Å². The number of hydrogen-bond donors (Lipinski definition) is 1. The lowest BCUT2D eigenvalue weighted by molar-refractivity contribution is 0.229.